The van der Waals surface area contributed by atoms with Gasteiger partial charge in [0.15, 0.2) is 0 Å². The van der Waals surface area contributed by atoms with E-state index >= 15 is 0 Å². The molecular weight excluding hydrogens is 440 g/mol. The predicted octanol–water partition coefficient (Wildman–Crippen LogP) is 4.29. The SMILES string of the molecule is C[C@@H]1C[C@@H](C(C)(C)O)OC1[C@H]1[C@@H](O)C[C@@]2(C)[C@@H]3C[C@H](O)[C@H]4C(C)(C)[C@@H](O)CCC45C[C@@]35CC[C@]12C. The fourth-order valence-electron chi connectivity index (χ4n) is 11.8. The van der Waals surface area contributed by atoms with Crippen molar-refractivity contribution in [1.29, 1.82) is 0 Å². The molecule has 0 bridgehead atoms. The highest BCUT2D eigenvalue weighted by Gasteiger charge is 2.84. The summed E-state index contributed by atoms with van der Waals surface area (Å²) < 4.78 is 6.58. The maximum absolute atomic E-state index is 11.7. The molecule has 1 heterocycles. The average Bonchev–Trinajstić information content (AvgIpc) is 3.13. The van der Waals surface area contributed by atoms with Gasteiger partial charge in [-0.3, -0.25) is 0 Å². The first-order chi connectivity index (χ1) is 16.1. The zero-order chi connectivity index (χ0) is 25.6. The molecule has 2 spiro atoms. The van der Waals surface area contributed by atoms with E-state index in [2.05, 4.69) is 34.6 Å². The predicted molar refractivity (Wildman–Crippen MR) is 134 cm³/mol. The summed E-state index contributed by atoms with van der Waals surface area (Å²) in [6.45, 7) is 15.1. The summed E-state index contributed by atoms with van der Waals surface area (Å²) in [5.74, 6) is 0.917. The molecule has 5 nitrogen and oxygen atoms in total. The van der Waals surface area contributed by atoms with E-state index in [1.54, 1.807) is 0 Å². The number of fused-ring (bicyclic) bond motifs is 2. The number of aliphatic hydroxyl groups is 4. The Morgan fingerprint density at radius 2 is 1.54 bits per heavy atom. The maximum Gasteiger partial charge on any atom is 0.0864 e. The molecule has 5 aliphatic carbocycles. The molecule has 0 amide bonds. The molecule has 35 heavy (non-hydrogen) atoms. The third-order valence-corrected chi connectivity index (χ3v) is 13.7. The molecule has 4 N–H and O–H groups in total. The van der Waals surface area contributed by atoms with Crippen LogP contribution in [0.4, 0.5) is 0 Å². The summed E-state index contributed by atoms with van der Waals surface area (Å²) >= 11 is 0. The Hall–Kier alpha value is -0.200. The van der Waals surface area contributed by atoms with Crippen molar-refractivity contribution in [2.75, 3.05) is 0 Å². The Kier molecular flexibility index (Phi) is 5.06. The summed E-state index contributed by atoms with van der Waals surface area (Å²) in [4.78, 5) is 0. The van der Waals surface area contributed by atoms with Crippen LogP contribution in [0.1, 0.15) is 99.8 Å². The summed E-state index contributed by atoms with van der Waals surface area (Å²) in [5, 5.41) is 44.9. The summed E-state index contributed by atoms with van der Waals surface area (Å²) in [6, 6.07) is 0. The molecule has 200 valence electrons. The van der Waals surface area contributed by atoms with Crippen molar-refractivity contribution in [3.63, 3.8) is 0 Å². The van der Waals surface area contributed by atoms with E-state index < -0.39 is 17.8 Å². The number of hydrogen-bond acceptors (Lipinski definition) is 5. The maximum atomic E-state index is 11.7. The van der Waals surface area contributed by atoms with E-state index in [0.29, 0.717) is 11.8 Å². The van der Waals surface area contributed by atoms with E-state index in [1.807, 2.05) is 13.8 Å². The minimum absolute atomic E-state index is 0.0412. The minimum atomic E-state index is -0.880. The topological polar surface area (TPSA) is 90.2 Å². The van der Waals surface area contributed by atoms with Gasteiger partial charge in [-0.05, 0) is 110 Å². The molecule has 5 heteroatoms. The molecule has 0 aromatic rings. The molecule has 6 rings (SSSR count). The fraction of sp³-hybridized carbons (Fsp3) is 1.00. The van der Waals surface area contributed by atoms with Crippen LogP contribution in [0.3, 0.4) is 0 Å². The smallest absolute Gasteiger partial charge is 0.0864 e. The first-order valence-electron chi connectivity index (χ1n) is 14.5. The van der Waals surface area contributed by atoms with E-state index in [0.717, 1.165) is 38.5 Å². The highest BCUT2D eigenvalue weighted by atomic mass is 16.5. The van der Waals surface area contributed by atoms with Crippen LogP contribution < -0.4 is 0 Å². The molecule has 5 saturated carbocycles. The van der Waals surface area contributed by atoms with Gasteiger partial charge in [0.2, 0.25) is 0 Å². The quantitative estimate of drug-likeness (QED) is 0.464. The van der Waals surface area contributed by atoms with Crippen molar-refractivity contribution < 1.29 is 25.2 Å². The Bertz CT molecular complexity index is 896. The van der Waals surface area contributed by atoms with Gasteiger partial charge in [-0.2, -0.15) is 0 Å². The van der Waals surface area contributed by atoms with Crippen molar-refractivity contribution in [3.05, 3.63) is 0 Å². The Balaban J connectivity index is 1.35. The number of ether oxygens (including phenoxy) is 1. The standard InChI is InChI=1S/C30H50O5/c1-16-12-21(26(4,5)34)35-23(16)22-18(32)14-28(7)19-13-17(31)24-25(2,3)20(33)8-9-30(24)15-29(19,30)11-10-27(22,28)6/h16-24,31-34H,8-15H2,1-7H3/t16-,17+,18+,19+,20+,21+,22-,23?,24+,27-,28+,29+,30?/m1/s1. The van der Waals surface area contributed by atoms with Crippen molar-refractivity contribution in [2.45, 2.75) is 136 Å². The van der Waals surface area contributed by atoms with Gasteiger partial charge in [0.25, 0.3) is 0 Å². The van der Waals surface area contributed by atoms with Gasteiger partial charge in [0.05, 0.1) is 36.1 Å². The largest absolute Gasteiger partial charge is 0.393 e. The van der Waals surface area contributed by atoms with E-state index in [1.165, 1.54) is 12.8 Å². The lowest BCUT2D eigenvalue weighted by Crippen LogP contribution is -2.61. The molecule has 0 aromatic carbocycles. The molecule has 2 unspecified atom stereocenters. The molecule has 0 aromatic heterocycles. The van der Waals surface area contributed by atoms with Crippen LogP contribution in [0, 0.1) is 50.7 Å². The van der Waals surface area contributed by atoms with Gasteiger partial charge in [-0.25, -0.2) is 0 Å². The van der Waals surface area contributed by atoms with Crippen molar-refractivity contribution >= 4 is 0 Å². The van der Waals surface area contributed by atoms with Crippen LogP contribution in [0.5, 0.6) is 0 Å². The molecular formula is C30H50O5. The Morgan fingerprint density at radius 3 is 2.17 bits per heavy atom. The lowest BCUT2D eigenvalue weighted by Gasteiger charge is -2.64. The van der Waals surface area contributed by atoms with E-state index in [9.17, 15) is 20.4 Å². The molecule has 6 fully saturated rings. The number of hydrogen-bond donors (Lipinski definition) is 4. The number of aliphatic hydroxyl groups excluding tert-OH is 3. The first-order valence-corrected chi connectivity index (χ1v) is 14.5. The summed E-state index contributed by atoms with van der Waals surface area (Å²) in [6.07, 6.45) is 6.34. The normalized spacial score (nSPS) is 60.9. The average molecular weight is 491 g/mol. The molecule has 6 aliphatic rings. The molecule has 0 radical (unpaired) electrons. The monoisotopic (exact) mass is 490 g/mol. The van der Waals surface area contributed by atoms with Crippen LogP contribution >= 0.6 is 0 Å². The van der Waals surface area contributed by atoms with Crippen molar-refractivity contribution in [2.24, 2.45) is 50.7 Å². The summed E-state index contributed by atoms with van der Waals surface area (Å²) in [5.41, 5.74) is -0.862. The third-order valence-electron chi connectivity index (χ3n) is 13.7. The van der Waals surface area contributed by atoms with Gasteiger partial charge in [-0.1, -0.05) is 34.6 Å². The second-order valence-corrected chi connectivity index (χ2v) is 15.8. The Labute approximate surface area is 212 Å². The van der Waals surface area contributed by atoms with Crippen LogP contribution in [-0.2, 0) is 4.74 Å². The van der Waals surface area contributed by atoms with Gasteiger partial charge < -0.3 is 25.2 Å². The highest BCUT2D eigenvalue weighted by Crippen LogP contribution is 2.89. The third kappa shape index (κ3) is 2.84. The van der Waals surface area contributed by atoms with Crippen LogP contribution in [-0.4, -0.2) is 56.5 Å². The molecule has 13 atom stereocenters. The van der Waals surface area contributed by atoms with Crippen LogP contribution in [0.15, 0.2) is 0 Å². The zero-order valence-corrected chi connectivity index (χ0v) is 23.1. The van der Waals surface area contributed by atoms with Crippen molar-refractivity contribution in [3.8, 4) is 0 Å². The minimum Gasteiger partial charge on any atom is -0.393 e. The van der Waals surface area contributed by atoms with Gasteiger partial charge >= 0.3 is 0 Å². The first kappa shape index (κ1) is 25.1. The van der Waals surface area contributed by atoms with E-state index in [-0.39, 0.29) is 57.2 Å². The van der Waals surface area contributed by atoms with Gasteiger partial charge in [0, 0.05) is 5.92 Å². The van der Waals surface area contributed by atoms with E-state index in [4.69, 9.17) is 4.74 Å². The van der Waals surface area contributed by atoms with Gasteiger partial charge in [-0.15, -0.1) is 0 Å². The van der Waals surface area contributed by atoms with Crippen molar-refractivity contribution in [1.82, 2.24) is 0 Å². The Morgan fingerprint density at radius 1 is 0.857 bits per heavy atom. The number of rotatable bonds is 2. The van der Waals surface area contributed by atoms with Crippen LogP contribution in [0.2, 0.25) is 0 Å². The summed E-state index contributed by atoms with van der Waals surface area (Å²) in [7, 11) is 0. The zero-order valence-electron chi connectivity index (χ0n) is 23.1. The fourth-order valence-corrected chi connectivity index (χ4v) is 11.8. The lowest BCUT2D eigenvalue weighted by molar-refractivity contribution is -0.203. The van der Waals surface area contributed by atoms with Gasteiger partial charge in [0.1, 0.15) is 0 Å². The molecule has 1 aliphatic heterocycles. The highest BCUT2D eigenvalue weighted by molar-refractivity contribution is 5.32. The second kappa shape index (κ2) is 7.05. The van der Waals surface area contributed by atoms with Crippen LogP contribution in [0.25, 0.3) is 0 Å². The lowest BCUT2D eigenvalue weighted by atomic mass is 9.41. The molecule has 1 saturated heterocycles. The second-order valence-electron chi connectivity index (χ2n) is 15.8.